The number of nitrogens with two attached hydrogens (primary N) is 1. The molecule has 90 valence electrons. The van der Waals surface area contributed by atoms with Crippen LogP contribution in [0.1, 0.15) is 6.42 Å². The molecule has 0 bridgehead atoms. The summed E-state index contributed by atoms with van der Waals surface area (Å²) in [4.78, 5) is 26.2. The number of thioether (sulfide) groups is 1. The second kappa shape index (κ2) is 4.41. The molecule has 17 heavy (non-hydrogen) atoms. The Balaban J connectivity index is 2.31. The summed E-state index contributed by atoms with van der Waals surface area (Å²) in [6, 6.07) is 9.39. The summed E-state index contributed by atoms with van der Waals surface area (Å²) in [6.45, 7) is 0.571. The van der Waals surface area contributed by atoms with Crippen molar-refractivity contribution in [3.8, 4) is 0 Å². The van der Waals surface area contributed by atoms with Gasteiger partial charge in [0.15, 0.2) is 4.75 Å². The lowest BCUT2D eigenvalue weighted by Crippen LogP contribution is -2.47. The van der Waals surface area contributed by atoms with Crippen molar-refractivity contribution >= 4 is 23.6 Å². The summed E-state index contributed by atoms with van der Waals surface area (Å²) < 4.78 is -1.13. The first kappa shape index (κ1) is 12.0. The van der Waals surface area contributed by atoms with Crippen LogP contribution in [0.25, 0.3) is 0 Å². The molecule has 1 fully saturated rings. The molecule has 1 aliphatic rings. The number of carbonyl (C=O) groups is 2. The van der Waals surface area contributed by atoms with E-state index in [4.69, 9.17) is 5.73 Å². The number of nitrogens with zero attached hydrogens (tertiary/aromatic N) is 1. The third kappa shape index (κ3) is 2.02. The number of amides is 2. The van der Waals surface area contributed by atoms with Crippen molar-refractivity contribution in [3.05, 3.63) is 30.3 Å². The van der Waals surface area contributed by atoms with E-state index in [0.717, 1.165) is 4.90 Å². The van der Waals surface area contributed by atoms with Crippen LogP contribution in [0.15, 0.2) is 35.2 Å². The number of carbonyl (C=O) groups excluding carboxylic acids is 2. The quantitative estimate of drug-likeness (QED) is 0.809. The van der Waals surface area contributed by atoms with Gasteiger partial charge in [-0.05, 0) is 18.6 Å². The first-order chi connectivity index (χ1) is 8.06. The second-order valence-corrected chi connectivity index (χ2v) is 5.46. The summed E-state index contributed by atoms with van der Waals surface area (Å²) in [5.41, 5.74) is 5.43. The zero-order valence-corrected chi connectivity index (χ0v) is 10.4. The van der Waals surface area contributed by atoms with Gasteiger partial charge >= 0.3 is 0 Å². The van der Waals surface area contributed by atoms with E-state index in [1.807, 2.05) is 30.3 Å². The fourth-order valence-corrected chi connectivity index (χ4v) is 3.14. The normalized spacial score (nSPS) is 24.1. The van der Waals surface area contributed by atoms with Crippen LogP contribution in [0.4, 0.5) is 0 Å². The topological polar surface area (TPSA) is 63.4 Å². The Kier molecular flexibility index (Phi) is 3.11. The molecule has 1 aromatic carbocycles. The Bertz CT molecular complexity index is 449. The molecule has 0 aliphatic carbocycles. The minimum atomic E-state index is -1.13. The predicted octanol–water partition coefficient (Wildman–Crippen LogP) is 0.865. The molecule has 1 unspecified atom stereocenters. The average molecular weight is 250 g/mol. The van der Waals surface area contributed by atoms with Gasteiger partial charge in [0.05, 0.1) is 0 Å². The minimum absolute atomic E-state index is 0.196. The van der Waals surface area contributed by atoms with Crippen molar-refractivity contribution in [1.29, 1.82) is 0 Å². The molecule has 2 N–H and O–H groups in total. The lowest BCUT2D eigenvalue weighted by Gasteiger charge is -2.22. The zero-order valence-electron chi connectivity index (χ0n) is 9.55. The molecule has 1 atom stereocenters. The van der Waals surface area contributed by atoms with Crippen molar-refractivity contribution in [2.24, 2.45) is 5.73 Å². The van der Waals surface area contributed by atoms with Crippen molar-refractivity contribution < 1.29 is 9.59 Å². The highest BCUT2D eigenvalue weighted by Crippen LogP contribution is 2.40. The highest BCUT2D eigenvalue weighted by molar-refractivity contribution is 8.02. The fourth-order valence-electron chi connectivity index (χ4n) is 1.91. The van der Waals surface area contributed by atoms with Crippen LogP contribution in [0.2, 0.25) is 0 Å². The van der Waals surface area contributed by atoms with Gasteiger partial charge in [-0.1, -0.05) is 30.0 Å². The maximum atomic E-state index is 12.1. The number of primary amides is 1. The first-order valence-corrected chi connectivity index (χ1v) is 6.17. The maximum absolute atomic E-state index is 12.1. The first-order valence-electron chi connectivity index (χ1n) is 5.36. The van der Waals surface area contributed by atoms with Gasteiger partial charge in [-0.15, -0.1) is 0 Å². The van der Waals surface area contributed by atoms with Crippen molar-refractivity contribution in [1.82, 2.24) is 4.90 Å². The van der Waals surface area contributed by atoms with Crippen LogP contribution >= 0.6 is 11.8 Å². The summed E-state index contributed by atoms with van der Waals surface area (Å²) in [5.74, 6) is -0.750. The Morgan fingerprint density at radius 2 is 2.06 bits per heavy atom. The summed E-state index contributed by atoms with van der Waals surface area (Å²) >= 11 is 1.25. The molecule has 1 aliphatic heterocycles. The molecule has 2 amide bonds. The molecular formula is C12H14N2O2S. The number of hydrogen-bond acceptors (Lipinski definition) is 3. The van der Waals surface area contributed by atoms with Crippen molar-refractivity contribution in [2.75, 3.05) is 13.6 Å². The monoisotopic (exact) mass is 250 g/mol. The van der Waals surface area contributed by atoms with Crippen LogP contribution in [0.5, 0.6) is 0 Å². The molecule has 4 nitrogen and oxygen atoms in total. The Labute approximate surface area is 104 Å². The van der Waals surface area contributed by atoms with Gasteiger partial charge in [-0.3, -0.25) is 9.59 Å². The second-order valence-electron chi connectivity index (χ2n) is 4.08. The third-order valence-corrected chi connectivity index (χ3v) is 4.36. The zero-order chi connectivity index (χ0) is 12.5. The van der Waals surface area contributed by atoms with E-state index < -0.39 is 10.7 Å². The van der Waals surface area contributed by atoms with Gasteiger partial charge in [0.1, 0.15) is 0 Å². The molecule has 0 spiro atoms. The maximum Gasteiger partial charge on any atom is 0.248 e. The van der Waals surface area contributed by atoms with E-state index >= 15 is 0 Å². The van der Waals surface area contributed by atoms with E-state index in [-0.39, 0.29) is 5.91 Å². The largest absolute Gasteiger partial charge is 0.368 e. The van der Waals surface area contributed by atoms with E-state index in [1.54, 1.807) is 11.9 Å². The molecule has 0 saturated carbocycles. The summed E-state index contributed by atoms with van der Waals surface area (Å²) in [7, 11) is 1.69. The van der Waals surface area contributed by atoms with Crippen LogP contribution in [0, 0.1) is 0 Å². The third-order valence-electron chi connectivity index (χ3n) is 2.92. The minimum Gasteiger partial charge on any atom is -0.368 e. The van der Waals surface area contributed by atoms with Gasteiger partial charge in [-0.25, -0.2) is 0 Å². The number of hydrogen-bond donors (Lipinski definition) is 1. The SMILES string of the molecule is CN1CCC(Sc2ccccc2)(C(N)=O)C1=O. The molecular weight excluding hydrogens is 236 g/mol. The Morgan fingerprint density at radius 3 is 2.53 bits per heavy atom. The van der Waals surface area contributed by atoms with Crippen molar-refractivity contribution in [2.45, 2.75) is 16.1 Å². The molecule has 2 rings (SSSR count). The standard InChI is InChI=1S/C12H14N2O2S/c1-14-8-7-12(10(13)15,11(14)16)17-9-5-3-2-4-6-9/h2-6H,7-8H2,1H3,(H2,13,15). The van der Waals surface area contributed by atoms with E-state index in [2.05, 4.69) is 0 Å². The predicted molar refractivity (Wildman–Crippen MR) is 66.5 cm³/mol. The van der Waals surface area contributed by atoms with Crippen LogP contribution in [-0.2, 0) is 9.59 Å². The lowest BCUT2D eigenvalue weighted by molar-refractivity contribution is -0.133. The van der Waals surface area contributed by atoms with E-state index in [1.165, 1.54) is 11.8 Å². The highest BCUT2D eigenvalue weighted by atomic mass is 32.2. The smallest absolute Gasteiger partial charge is 0.248 e. The van der Waals surface area contributed by atoms with Gasteiger partial charge in [0.25, 0.3) is 0 Å². The average Bonchev–Trinajstić information content (AvgIpc) is 2.60. The lowest BCUT2D eigenvalue weighted by atomic mass is 10.1. The number of rotatable bonds is 3. The van der Waals surface area contributed by atoms with Crippen LogP contribution in [0.3, 0.4) is 0 Å². The molecule has 1 heterocycles. The van der Waals surface area contributed by atoms with Crippen molar-refractivity contribution in [3.63, 3.8) is 0 Å². The van der Waals surface area contributed by atoms with Gasteiger partial charge in [-0.2, -0.15) is 0 Å². The fraction of sp³-hybridized carbons (Fsp3) is 0.333. The molecule has 0 aromatic heterocycles. The molecule has 1 saturated heterocycles. The van der Waals surface area contributed by atoms with Gasteiger partial charge < -0.3 is 10.6 Å². The number of benzene rings is 1. The summed E-state index contributed by atoms with van der Waals surface area (Å²) in [5, 5.41) is 0. The summed E-state index contributed by atoms with van der Waals surface area (Å²) in [6.07, 6.45) is 0.469. The van der Waals surface area contributed by atoms with Gasteiger partial charge in [0, 0.05) is 18.5 Å². The van der Waals surface area contributed by atoms with Crippen LogP contribution in [-0.4, -0.2) is 35.1 Å². The highest BCUT2D eigenvalue weighted by Gasteiger charge is 2.51. The van der Waals surface area contributed by atoms with Gasteiger partial charge in [0.2, 0.25) is 11.8 Å². The van der Waals surface area contributed by atoms with E-state index in [0.29, 0.717) is 13.0 Å². The molecule has 0 radical (unpaired) electrons. The Morgan fingerprint density at radius 1 is 1.41 bits per heavy atom. The molecule has 1 aromatic rings. The Hall–Kier alpha value is -1.49. The number of likely N-dealkylation sites (tertiary alicyclic amines) is 1. The van der Waals surface area contributed by atoms with Crippen LogP contribution < -0.4 is 5.73 Å². The van der Waals surface area contributed by atoms with E-state index in [9.17, 15) is 9.59 Å². The molecule has 5 heteroatoms.